The van der Waals surface area contributed by atoms with Crippen LogP contribution in [0.4, 0.5) is 0 Å². The summed E-state index contributed by atoms with van der Waals surface area (Å²) in [4.78, 5) is 26.7. The molecule has 1 aliphatic rings. The molecule has 2 N–H and O–H groups in total. The molecule has 1 heterocycles. The molecule has 0 bridgehead atoms. The first kappa shape index (κ1) is 22.4. The lowest BCUT2D eigenvalue weighted by molar-refractivity contribution is -0.123. The molecule has 6 heteroatoms. The summed E-state index contributed by atoms with van der Waals surface area (Å²) in [7, 11) is 0. The Kier molecular flexibility index (Phi) is 8.93. The van der Waals surface area contributed by atoms with Crippen LogP contribution in [0.3, 0.4) is 0 Å². The molecule has 28 heavy (non-hydrogen) atoms. The minimum absolute atomic E-state index is 0.0404. The van der Waals surface area contributed by atoms with E-state index >= 15 is 0 Å². The van der Waals surface area contributed by atoms with Crippen LogP contribution >= 0.6 is 0 Å². The number of nitrogens with one attached hydrogen (secondary N) is 2. The van der Waals surface area contributed by atoms with Crippen LogP contribution in [-0.2, 0) is 14.3 Å². The Morgan fingerprint density at radius 1 is 1.14 bits per heavy atom. The minimum atomic E-state index is -0.315. The third-order valence-corrected chi connectivity index (χ3v) is 5.09. The van der Waals surface area contributed by atoms with Gasteiger partial charge in [-0.05, 0) is 24.8 Å². The van der Waals surface area contributed by atoms with E-state index in [1.807, 2.05) is 31.2 Å². The molecule has 1 aliphatic heterocycles. The maximum Gasteiger partial charge on any atom is 0.222 e. The van der Waals surface area contributed by atoms with E-state index in [9.17, 15) is 9.59 Å². The standard InChI is InChI=1S/C22H35N3O3/c1-16(2)13-20(25-9-11-28-12-10-25)15-23-22(27)14-21(24-18(4)26)19-7-5-17(3)6-8-19/h5-8,16,20-21H,9-15H2,1-4H3,(H,23,27)(H,24,26). The first-order chi connectivity index (χ1) is 13.3. The maximum absolute atomic E-state index is 12.6. The van der Waals surface area contributed by atoms with Crippen LogP contribution < -0.4 is 10.6 Å². The SMILES string of the molecule is CC(=O)NC(CC(=O)NCC(CC(C)C)N1CCOCC1)c1ccc(C)cc1. The Hall–Kier alpha value is -1.92. The number of morpholine rings is 1. The molecule has 0 saturated carbocycles. The highest BCUT2D eigenvalue weighted by molar-refractivity contribution is 5.79. The second kappa shape index (κ2) is 11.2. The molecule has 2 atom stereocenters. The van der Waals surface area contributed by atoms with Crippen molar-refractivity contribution < 1.29 is 14.3 Å². The molecule has 2 amide bonds. The third kappa shape index (κ3) is 7.60. The molecule has 1 aromatic carbocycles. The van der Waals surface area contributed by atoms with Gasteiger partial charge in [0.2, 0.25) is 11.8 Å². The van der Waals surface area contributed by atoms with Gasteiger partial charge in [-0.3, -0.25) is 14.5 Å². The van der Waals surface area contributed by atoms with Crippen LogP contribution in [0.2, 0.25) is 0 Å². The van der Waals surface area contributed by atoms with Gasteiger partial charge < -0.3 is 15.4 Å². The molecule has 2 rings (SSSR count). The summed E-state index contributed by atoms with van der Waals surface area (Å²) in [5, 5.41) is 6.00. The summed E-state index contributed by atoms with van der Waals surface area (Å²) in [5.74, 6) is 0.384. The van der Waals surface area contributed by atoms with Crippen molar-refractivity contribution in [1.82, 2.24) is 15.5 Å². The molecule has 0 spiro atoms. The molecule has 156 valence electrons. The van der Waals surface area contributed by atoms with Crippen LogP contribution in [0.15, 0.2) is 24.3 Å². The summed E-state index contributed by atoms with van der Waals surface area (Å²) in [6.07, 6.45) is 1.27. The average Bonchev–Trinajstić information content (AvgIpc) is 2.65. The number of aryl methyl sites for hydroxylation is 1. The second-order valence-corrected chi connectivity index (χ2v) is 8.10. The van der Waals surface area contributed by atoms with E-state index < -0.39 is 0 Å². The Bertz CT molecular complexity index is 624. The molecule has 1 aromatic rings. The van der Waals surface area contributed by atoms with E-state index in [2.05, 4.69) is 29.4 Å². The zero-order chi connectivity index (χ0) is 20.5. The van der Waals surface area contributed by atoms with Gasteiger partial charge in [-0.1, -0.05) is 43.7 Å². The first-order valence-corrected chi connectivity index (χ1v) is 10.3. The van der Waals surface area contributed by atoms with Gasteiger partial charge in [0, 0.05) is 32.6 Å². The monoisotopic (exact) mass is 389 g/mol. The van der Waals surface area contributed by atoms with Gasteiger partial charge in [0.05, 0.1) is 25.7 Å². The number of ether oxygens (including phenoxy) is 1. The van der Waals surface area contributed by atoms with Crippen molar-refractivity contribution in [1.29, 1.82) is 0 Å². The molecule has 0 aromatic heterocycles. The fourth-order valence-corrected chi connectivity index (χ4v) is 3.63. The van der Waals surface area contributed by atoms with Gasteiger partial charge >= 0.3 is 0 Å². The fraction of sp³-hybridized carbons (Fsp3) is 0.636. The van der Waals surface area contributed by atoms with Gasteiger partial charge in [0.15, 0.2) is 0 Å². The predicted octanol–water partition coefficient (Wildman–Crippen LogP) is 2.43. The van der Waals surface area contributed by atoms with Crippen molar-refractivity contribution in [3.8, 4) is 0 Å². The van der Waals surface area contributed by atoms with Gasteiger partial charge in [-0.15, -0.1) is 0 Å². The Labute approximate surface area is 169 Å². The van der Waals surface area contributed by atoms with Crippen LogP contribution in [0, 0.1) is 12.8 Å². The van der Waals surface area contributed by atoms with Gasteiger partial charge in [-0.25, -0.2) is 0 Å². The van der Waals surface area contributed by atoms with Crippen molar-refractivity contribution in [3.05, 3.63) is 35.4 Å². The zero-order valence-electron chi connectivity index (χ0n) is 17.7. The smallest absolute Gasteiger partial charge is 0.222 e. The van der Waals surface area contributed by atoms with Gasteiger partial charge in [0.25, 0.3) is 0 Å². The van der Waals surface area contributed by atoms with Gasteiger partial charge in [-0.2, -0.15) is 0 Å². The largest absolute Gasteiger partial charge is 0.379 e. The number of nitrogens with zero attached hydrogens (tertiary/aromatic N) is 1. The lowest BCUT2D eigenvalue weighted by Gasteiger charge is -2.35. The maximum atomic E-state index is 12.6. The van der Waals surface area contributed by atoms with Crippen LogP contribution in [0.25, 0.3) is 0 Å². The fourth-order valence-electron chi connectivity index (χ4n) is 3.63. The molecule has 0 radical (unpaired) electrons. The predicted molar refractivity (Wildman–Crippen MR) is 111 cm³/mol. The Morgan fingerprint density at radius 2 is 1.79 bits per heavy atom. The summed E-state index contributed by atoms with van der Waals surface area (Å²) in [5.41, 5.74) is 2.10. The number of carbonyl (C=O) groups is 2. The molecular weight excluding hydrogens is 354 g/mol. The number of hydrogen-bond donors (Lipinski definition) is 2. The molecule has 1 saturated heterocycles. The normalized spacial score (nSPS) is 17.2. The third-order valence-electron chi connectivity index (χ3n) is 5.09. The highest BCUT2D eigenvalue weighted by Crippen LogP contribution is 2.18. The van der Waals surface area contributed by atoms with Crippen LogP contribution in [-0.4, -0.2) is 55.6 Å². The quantitative estimate of drug-likeness (QED) is 0.681. The first-order valence-electron chi connectivity index (χ1n) is 10.3. The Balaban J connectivity index is 1.95. The summed E-state index contributed by atoms with van der Waals surface area (Å²) in [6, 6.07) is 7.94. The van der Waals surface area contributed by atoms with E-state index in [1.54, 1.807) is 0 Å². The van der Waals surface area contributed by atoms with E-state index in [1.165, 1.54) is 6.92 Å². The lowest BCUT2D eigenvalue weighted by atomic mass is 10.0. The molecule has 2 unspecified atom stereocenters. The van der Waals surface area contributed by atoms with Crippen LogP contribution in [0.1, 0.15) is 50.8 Å². The summed E-state index contributed by atoms with van der Waals surface area (Å²) < 4.78 is 5.46. The van der Waals surface area contributed by atoms with E-state index in [0.29, 0.717) is 18.5 Å². The molecule has 6 nitrogen and oxygen atoms in total. The van der Waals surface area contributed by atoms with E-state index in [4.69, 9.17) is 4.74 Å². The second-order valence-electron chi connectivity index (χ2n) is 8.10. The minimum Gasteiger partial charge on any atom is -0.379 e. The van der Waals surface area contributed by atoms with Crippen molar-refractivity contribution in [2.24, 2.45) is 5.92 Å². The Morgan fingerprint density at radius 3 is 2.36 bits per heavy atom. The highest BCUT2D eigenvalue weighted by atomic mass is 16.5. The number of amides is 2. The summed E-state index contributed by atoms with van der Waals surface area (Å²) in [6.45, 7) is 11.9. The van der Waals surface area contributed by atoms with Crippen molar-refractivity contribution in [2.75, 3.05) is 32.8 Å². The number of carbonyl (C=O) groups excluding carboxylic acids is 2. The number of hydrogen-bond acceptors (Lipinski definition) is 4. The van der Waals surface area contributed by atoms with Gasteiger partial charge in [0.1, 0.15) is 0 Å². The van der Waals surface area contributed by atoms with E-state index in [-0.39, 0.29) is 24.3 Å². The lowest BCUT2D eigenvalue weighted by Crippen LogP contribution is -2.49. The average molecular weight is 390 g/mol. The van der Waals surface area contributed by atoms with Crippen molar-refractivity contribution >= 4 is 11.8 Å². The molecule has 1 fully saturated rings. The number of benzene rings is 1. The topological polar surface area (TPSA) is 70.7 Å². The van der Waals surface area contributed by atoms with E-state index in [0.717, 1.165) is 43.9 Å². The van der Waals surface area contributed by atoms with Crippen molar-refractivity contribution in [2.45, 2.75) is 52.6 Å². The summed E-state index contributed by atoms with van der Waals surface area (Å²) >= 11 is 0. The van der Waals surface area contributed by atoms with Crippen LogP contribution in [0.5, 0.6) is 0 Å². The molecule has 0 aliphatic carbocycles. The number of rotatable bonds is 9. The molecular formula is C22H35N3O3. The zero-order valence-corrected chi connectivity index (χ0v) is 17.7. The highest BCUT2D eigenvalue weighted by Gasteiger charge is 2.23. The van der Waals surface area contributed by atoms with Crippen molar-refractivity contribution in [3.63, 3.8) is 0 Å².